The summed E-state index contributed by atoms with van der Waals surface area (Å²) in [4.78, 5) is 25.0. The maximum Gasteiger partial charge on any atom is 0.323 e. The summed E-state index contributed by atoms with van der Waals surface area (Å²) in [6, 6.07) is 9.34. The number of hydrogen-bond acceptors (Lipinski definition) is 6. The molecule has 1 aromatic heterocycles. The van der Waals surface area contributed by atoms with Crippen LogP contribution in [0.2, 0.25) is 0 Å². The average Bonchev–Trinajstić information content (AvgIpc) is 3.45. The molecule has 1 heterocycles. The SMILES string of the molecule is CNc1sc(C#Cc2ccc(CNC(CC(C)C)C(=O)OC3CCCC3)cc2)cc1C(N)=O. The van der Waals surface area contributed by atoms with Gasteiger partial charge in [0.1, 0.15) is 17.1 Å². The first-order valence-electron chi connectivity index (χ1n) is 11.5. The van der Waals surface area contributed by atoms with Gasteiger partial charge in [-0.25, -0.2) is 0 Å². The molecule has 7 heteroatoms. The summed E-state index contributed by atoms with van der Waals surface area (Å²) >= 11 is 1.40. The number of benzene rings is 1. The number of carbonyl (C=O) groups is 2. The molecule has 4 N–H and O–H groups in total. The number of thiophene rings is 1. The number of esters is 1. The van der Waals surface area contributed by atoms with E-state index in [4.69, 9.17) is 10.5 Å². The largest absolute Gasteiger partial charge is 0.461 e. The van der Waals surface area contributed by atoms with Crippen molar-refractivity contribution in [3.63, 3.8) is 0 Å². The van der Waals surface area contributed by atoms with E-state index in [2.05, 4.69) is 36.3 Å². The number of primary amides is 1. The molecule has 6 nitrogen and oxygen atoms in total. The predicted molar refractivity (Wildman–Crippen MR) is 133 cm³/mol. The van der Waals surface area contributed by atoms with Crippen LogP contribution in [0.5, 0.6) is 0 Å². The number of ether oxygens (including phenoxy) is 1. The predicted octanol–water partition coefficient (Wildman–Crippen LogP) is 4.28. The van der Waals surface area contributed by atoms with Gasteiger partial charge in [0.25, 0.3) is 5.91 Å². The number of hydrogen-bond donors (Lipinski definition) is 3. The van der Waals surface area contributed by atoms with E-state index in [1.54, 1.807) is 13.1 Å². The molecule has 0 bridgehead atoms. The van der Waals surface area contributed by atoms with Gasteiger partial charge in [-0.3, -0.25) is 9.59 Å². The lowest BCUT2D eigenvalue weighted by atomic mass is 10.0. The summed E-state index contributed by atoms with van der Waals surface area (Å²) < 4.78 is 5.74. The fourth-order valence-electron chi connectivity index (χ4n) is 3.89. The molecule has 2 aromatic rings. The summed E-state index contributed by atoms with van der Waals surface area (Å²) in [6.45, 7) is 4.82. The van der Waals surface area contributed by atoms with Gasteiger partial charge in [-0.2, -0.15) is 0 Å². The van der Waals surface area contributed by atoms with Crippen molar-refractivity contribution in [3.05, 3.63) is 51.9 Å². The highest BCUT2D eigenvalue weighted by Crippen LogP contribution is 2.27. The number of amides is 1. The van der Waals surface area contributed by atoms with Crippen LogP contribution in [0.4, 0.5) is 5.00 Å². The minimum absolute atomic E-state index is 0.0819. The van der Waals surface area contributed by atoms with Crippen molar-refractivity contribution in [2.24, 2.45) is 11.7 Å². The molecule has 33 heavy (non-hydrogen) atoms. The van der Waals surface area contributed by atoms with E-state index in [0.717, 1.165) is 53.1 Å². The molecule has 0 spiro atoms. The molecule has 3 rings (SSSR count). The van der Waals surface area contributed by atoms with Crippen LogP contribution >= 0.6 is 11.3 Å². The van der Waals surface area contributed by atoms with Gasteiger partial charge in [0, 0.05) is 19.2 Å². The molecule has 1 unspecified atom stereocenters. The van der Waals surface area contributed by atoms with E-state index in [9.17, 15) is 9.59 Å². The van der Waals surface area contributed by atoms with Gasteiger partial charge in [-0.1, -0.05) is 37.8 Å². The van der Waals surface area contributed by atoms with Crippen LogP contribution in [0.25, 0.3) is 0 Å². The van der Waals surface area contributed by atoms with Gasteiger partial charge >= 0.3 is 5.97 Å². The second-order valence-electron chi connectivity index (χ2n) is 8.82. The van der Waals surface area contributed by atoms with Crippen molar-refractivity contribution in [1.82, 2.24) is 5.32 Å². The van der Waals surface area contributed by atoms with Gasteiger partial charge in [-0.15, -0.1) is 11.3 Å². The van der Waals surface area contributed by atoms with E-state index < -0.39 is 5.91 Å². The van der Waals surface area contributed by atoms with Crippen LogP contribution in [0.1, 0.15) is 72.3 Å². The number of nitrogens with two attached hydrogens (primary N) is 1. The van der Waals surface area contributed by atoms with Crippen molar-refractivity contribution in [2.75, 3.05) is 12.4 Å². The molecule has 1 aliphatic carbocycles. The fourth-order valence-corrected chi connectivity index (χ4v) is 4.76. The van der Waals surface area contributed by atoms with E-state index in [0.29, 0.717) is 18.0 Å². The monoisotopic (exact) mass is 467 g/mol. The third-order valence-corrected chi connectivity index (χ3v) is 6.71. The third kappa shape index (κ3) is 7.34. The van der Waals surface area contributed by atoms with E-state index in [1.165, 1.54) is 11.3 Å². The summed E-state index contributed by atoms with van der Waals surface area (Å²) in [6.07, 6.45) is 5.08. The summed E-state index contributed by atoms with van der Waals surface area (Å²) in [5.41, 5.74) is 7.81. The smallest absolute Gasteiger partial charge is 0.323 e. The molecule has 1 aromatic carbocycles. The average molecular weight is 468 g/mol. The van der Waals surface area contributed by atoms with Crippen LogP contribution in [0.15, 0.2) is 30.3 Å². The second kappa shape index (κ2) is 11.9. The molecule has 176 valence electrons. The lowest BCUT2D eigenvalue weighted by molar-refractivity contribution is -0.151. The standard InChI is InChI=1S/C26H33N3O3S/c1-17(2)14-23(26(31)32-20-6-4-5-7-20)29-16-19-10-8-18(9-11-19)12-13-21-15-22(24(27)30)25(28-3)33-21/h8-11,15,17,20,23,28-29H,4-7,14,16H2,1-3H3,(H2,27,30). The Labute approximate surface area is 200 Å². The Hall–Kier alpha value is -2.82. The normalized spacial score (nSPS) is 14.5. The first kappa shape index (κ1) is 24.8. The molecule has 0 radical (unpaired) electrons. The van der Waals surface area contributed by atoms with Crippen molar-refractivity contribution in [3.8, 4) is 11.8 Å². The molecule has 1 atom stereocenters. The van der Waals surface area contributed by atoms with Gasteiger partial charge in [0.05, 0.1) is 10.4 Å². The number of rotatable bonds is 9. The van der Waals surface area contributed by atoms with Crippen LogP contribution < -0.4 is 16.4 Å². The molecular formula is C26H33N3O3S. The number of nitrogens with one attached hydrogen (secondary N) is 2. The second-order valence-corrected chi connectivity index (χ2v) is 9.87. The molecule has 1 saturated carbocycles. The highest BCUT2D eigenvalue weighted by molar-refractivity contribution is 7.17. The molecule has 1 fully saturated rings. The number of anilines is 1. The Kier molecular flexibility index (Phi) is 8.93. The summed E-state index contributed by atoms with van der Waals surface area (Å²) in [7, 11) is 1.75. The van der Waals surface area contributed by atoms with Gasteiger partial charge in [0.15, 0.2) is 0 Å². The maximum absolute atomic E-state index is 12.7. The lowest BCUT2D eigenvalue weighted by Crippen LogP contribution is -2.40. The van der Waals surface area contributed by atoms with Crippen molar-refractivity contribution >= 4 is 28.2 Å². The minimum atomic E-state index is -0.469. The molecule has 1 amide bonds. The van der Waals surface area contributed by atoms with E-state index in [-0.39, 0.29) is 18.1 Å². The van der Waals surface area contributed by atoms with Crippen LogP contribution in [-0.4, -0.2) is 31.1 Å². The summed E-state index contributed by atoms with van der Waals surface area (Å²) in [5.74, 6) is 6.01. The zero-order valence-corrected chi connectivity index (χ0v) is 20.4. The van der Waals surface area contributed by atoms with Crippen LogP contribution in [-0.2, 0) is 16.1 Å². The molecule has 0 saturated heterocycles. The Bertz CT molecular complexity index is 1010. The Morgan fingerprint density at radius 2 is 1.88 bits per heavy atom. The van der Waals surface area contributed by atoms with Crippen molar-refractivity contribution in [1.29, 1.82) is 0 Å². The third-order valence-electron chi connectivity index (χ3n) is 5.64. The van der Waals surface area contributed by atoms with Crippen molar-refractivity contribution < 1.29 is 14.3 Å². The highest BCUT2D eigenvalue weighted by Gasteiger charge is 2.25. The zero-order valence-electron chi connectivity index (χ0n) is 19.6. The van der Waals surface area contributed by atoms with Crippen LogP contribution in [0, 0.1) is 17.8 Å². The first-order chi connectivity index (χ1) is 15.9. The molecule has 0 aliphatic heterocycles. The van der Waals surface area contributed by atoms with Crippen LogP contribution in [0.3, 0.4) is 0 Å². The highest BCUT2D eigenvalue weighted by atomic mass is 32.1. The fraction of sp³-hybridized carbons (Fsp3) is 0.462. The topological polar surface area (TPSA) is 93.4 Å². The Morgan fingerprint density at radius 1 is 1.18 bits per heavy atom. The number of carbonyl (C=O) groups excluding carboxylic acids is 2. The molecular weight excluding hydrogens is 434 g/mol. The Morgan fingerprint density at radius 3 is 2.45 bits per heavy atom. The molecule has 1 aliphatic rings. The van der Waals surface area contributed by atoms with Crippen molar-refractivity contribution in [2.45, 2.75) is 64.6 Å². The van der Waals surface area contributed by atoms with Gasteiger partial charge < -0.3 is 21.1 Å². The van der Waals surface area contributed by atoms with E-state index in [1.807, 2.05) is 24.3 Å². The quantitative estimate of drug-likeness (QED) is 0.378. The maximum atomic E-state index is 12.7. The summed E-state index contributed by atoms with van der Waals surface area (Å²) in [5, 5.41) is 7.08. The van der Waals surface area contributed by atoms with Gasteiger partial charge in [0.2, 0.25) is 0 Å². The lowest BCUT2D eigenvalue weighted by Gasteiger charge is -2.21. The minimum Gasteiger partial charge on any atom is -0.461 e. The van der Waals surface area contributed by atoms with Gasteiger partial charge in [-0.05, 0) is 61.8 Å². The Balaban J connectivity index is 1.59. The van der Waals surface area contributed by atoms with E-state index >= 15 is 0 Å². The first-order valence-corrected chi connectivity index (χ1v) is 12.3. The zero-order chi connectivity index (χ0) is 23.8.